The number of methoxy groups -OCH3 is 1. The summed E-state index contributed by atoms with van der Waals surface area (Å²) in [7, 11) is 3.40. The van der Waals surface area contributed by atoms with Crippen molar-refractivity contribution in [2.24, 2.45) is 4.99 Å². The predicted octanol–water partition coefficient (Wildman–Crippen LogP) is 3.28. The van der Waals surface area contributed by atoms with Crippen molar-refractivity contribution in [3.05, 3.63) is 59.3 Å². The van der Waals surface area contributed by atoms with Crippen LogP contribution in [0.1, 0.15) is 11.3 Å². The lowest BCUT2D eigenvalue weighted by molar-refractivity contribution is 0.409. The number of aromatic nitrogens is 1. The van der Waals surface area contributed by atoms with Gasteiger partial charge in [-0.2, -0.15) is 0 Å². The van der Waals surface area contributed by atoms with Gasteiger partial charge in [-0.15, -0.1) is 11.3 Å². The summed E-state index contributed by atoms with van der Waals surface area (Å²) in [5, 5.41) is 8.50. The molecule has 2 heterocycles. The van der Waals surface area contributed by atoms with Crippen molar-refractivity contribution in [1.29, 1.82) is 0 Å². The van der Waals surface area contributed by atoms with Crippen molar-refractivity contribution in [2.45, 2.75) is 13.1 Å². The van der Waals surface area contributed by atoms with Crippen LogP contribution >= 0.6 is 11.3 Å². The number of hydrogen-bond donors (Lipinski definition) is 2. The molecule has 1 aromatic carbocycles. The maximum atomic E-state index is 5.52. The fourth-order valence-electron chi connectivity index (χ4n) is 2.32. The van der Waals surface area contributed by atoms with E-state index in [1.165, 1.54) is 0 Å². The van der Waals surface area contributed by atoms with E-state index >= 15 is 0 Å². The van der Waals surface area contributed by atoms with Gasteiger partial charge in [0.25, 0.3) is 0 Å². The maximum Gasteiger partial charge on any atom is 0.236 e. The molecule has 2 aromatic heterocycles. The summed E-state index contributed by atoms with van der Waals surface area (Å²) in [6, 6.07) is 11.9. The number of oxazole rings is 1. The highest BCUT2D eigenvalue weighted by molar-refractivity contribution is 7.13. The van der Waals surface area contributed by atoms with Gasteiger partial charge in [0.05, 0.1) is 24.2 Å². The molecule has 0 aliphatic heterocycles. The summed E-state index contributed by atoms with van der Waals surface area (Å²) in [6.45, 7) is 1.14. The summed E-state index contributed by atoms with van der Waals surface area (Å²) >= 11 is 1.60. The highest BCUT2D eigenvalue weighted by atomic mass is 32.1. The number of ether oxygens (including phenoxy) is 1. The molecule has 0 saturated heterocycles. The van der Waals surface area contributed by atoms with Gasteiger partial charge >= 0.3 is 0 Å². The molecule has 3 rings (SSSR count). The Morgan fingerprint density at radius 1 is 1.20 bits per heavy atom. The van der Waals surface area contributed by atoms with E-state index in [-0.39, 0.29) is 0 Å². The number of hydrogen-bond acceptors (Lipinski definition) is 5. The van der Waals surface area contributed by atoms with Crippen LogP contribution in [0.15, 0.2) is 57.5 Å². The minimum atomic E-state index is 0.528. The number of nitrogens with zero attached hydrogens (tertiary/aromatic N) is 2. The molecular formula is C18H20N4O2S. The first-order valence-corrected chi connectivity index (χ1v) is 8.73. The molecule has 0 fully saturated rings. The van der Waals surface area contributed by atoms with E-state index in [1.807, 2.05) is 41.8 Å². The molecule has 0 atom stereocenters. The van der Waals surface area contributed by atoms with Crippen molar-refractivity contribution in [2.75, 3.05) is 14.2 Å². The molecule has 0 amide bonds. The summed E-state index contributed by atoms with van der Waals surface area (Å²) < 4.78 is 10.9. The third-order valence-electron chi connectivity index (χ3n) is 3.58. The van der Waals surface area contributed by atoms with Gasteiger partial charge in [-0.25, -0.2) is 4.98 Å². The van der Waals surface area contributed by atoms with E-state index in [0.29, 0.717) is 24.9 Å². The lowest BCUT2D eigenvalue weighted by Gasteiger charge is -2.13. The molecule has 6 nitrogen and oxygen atoms in total. The molecule has 0 aliphatic carbocycles. The fourth-order valence-corrected chi connectivity index (χ4v) is 2.98. The zero-order valence-electron chi connectivity index (χ0n) is 14.2. The van der Waals surface area contributed by atoms with E-state index in [4.69, 9.17) is 9.15 Å². The third kappa shape index (κ3) is 4.39. The second-order valence-electron chi connectivity index (χ2n) is 5.21. The highest BCUT2D eigenvalue weighted by Gasteiger charge is 2.08. The molecule has 0 aliphatic rings. The number of nitrogens with one attached hydrogen (secondary N) is 2. The van der Waals surface area contributed by atoms with Crippen LogP contribution < -0.4 is 15.4 Å². The molecule has 3 aromatic rings. The van der Waals surface area contributed by atoms with E-state index < -0.39 is 0 Å². The lowest BCUT2D eigenvalue weighted by Crippen LogP contribution is -2.36. The summed E-state index contributed by atoms with van der Waals surface area (Å²) in [5.74, 6) is 2.18. The number of aliphatic imine (C=N–C) groups is 1. The van der Waals surface area contributed by atoms with Gasteiger partial charge < -0.3 is 19.8 Å². The van der Waals surface area contributed by atoms with Crippen molar-refractivity contribution < 1.29 is 9.15 Å². The summed E-state index contributed by atoms with van der Waals surface area (Å²) in [5.41, 5.74) is 1.89. The average Bonchev–Trinajstić information content (AvgIpc) is 3.33. The van der Waals surface area contributed by atoms with Crippen molar-refractivity contribution >= 4 is 17.3 Å². The van der Waals surface area contributed by atoms with Crippen molar-refractivity contribution in [1.82, 2.24) is 15.6 Å². The van der Waals surface area contributed by atoms with Gasteiger partial charge in [-0.05, 0) is 17.5 Å². The second kappa shape index (κ2) is 8.34. The van der Waals surface area contributed by atoms with Crippen LogP contribution in [0.4, 0.5) is 0 Å². The van der Waals surface area contributed by atoms with E-state index in [9.17, 15) is 0 Å². The van der Waals surface area contributed by atoms with Crippen LogP contribution in [0.25, 0.3) is 10.8 Å². The third-order valence-corrected chi connectivity index (χ3v) is 4.44. The Bertz CT molecular complexity index is 827. The van der Waals surface area contributed by atoms with Gasteiger partial charge in [-0.1, -0.05) is 24.3 Å². The fraction of sp³-hybridized carbons (Fsp3) is 0.222. The molecule has 0 bridgehead atoms. The molecule has 2 N–H and O–H groups in total. The highest BCUT2D eigenvalue weighted by Crippen LogP contribution is 2.23. The Morgan fingerprint density at radius 3 is 2.80 bits per heavy atom. The average molecular weight is 356 g/mol. The Morgan fingerprint density at radius 2 is 2.04 bits per heavy atom. The Kier molecular flexibility index (Phi) is 5.69. The monoisotopic (exact) mass is 356 g/mol. The van der Waals surface area contributed by atoms with Crippen LogP contribution in [0.3, 0.4) is 0 Å². The van der Waals surface area contributed by atoms with E-state index in [2.05, 4.69) is 20.6 Å². The molecular weight excluding hydrogens is 336 g/mol. The smallest absolute Gasteiger partial charge is 0.236 e. The molecule has 0 unspecified atom stereocenters. The largest absolute Gasteiger partial charge is 0.496 e. The first-order chi connectivity index (χ1) is 12.3. The standard InChI is InChI=1S/C18H20N4O2S/c1-19-18(20-10-13-6-3-4-7-15(13)23-2)21-11-14-12-24-17(22-14)16-8-5-9-25-16/h3-9,12H,10-11H2,1-2H3,(H2,19,20,21). The van der Waals surface area contributed by atoms with Crippen LogP contribution in [0, 0.1) is 0 Å². The topological polar surface area (TPSA) is 71.7 Å². The van der Waals surface area contributed by atoms with Crippen molar-refractivity contribution in [3.8, 4) is 16.5 Å². The van der Waals surface area contributed by atoms with Crippen LogP contribution in [0.5, 0.6) is 5.75 Å². The number of rotatable bonds is 6. The molecule has 7 heteroatoms. The van der Waals surface area contributed by atoms with E-state index in [0.717, 1.165) is 21.9 Å². The van der Waals surface area contributed by atoms with Crippen LogP contribution in [-0.4, -0.2) is 25.1 Å². The minimum Gasteiger partial charge on any atom is -0.496 e. The number of para-hydroxylation sites is 1. The van der Waals surface area contributed by atoms with E-state index in [1.54, 1.807) is 31.8 Å². The number of benzene rings is 1. The molecule has 0 radical (unpaired) electrons. The zero-order valence-corrected chi connectivity index (χ0v) is 15.0. The molecule has 25 heavy (non-hydrogen) atoms. The Balaban J connectivity index is 1.54. The predicted molar refractivity (Wildman–Crippen MR) is 99.8 cm³/mol. The molecule has 0 saturated carbocycles. The maximum absolute atomic E-state index is 5.52. The van der Waals surface area contributed by atoms with Crippen LogP contribution in [-0.2, 0) is 13.1 Å². The number of thiophene rings is 1. The quantitative estimate of drug-likeness (QED) is 0.524. The number of guanidine groups is 1. The lowest BCUT2D eigenvalue weighted by atomic mass is 10.2. The first kappa shape index (κ1) is 17.0. The summed E-state index contributed by atoms with van der Waals surface area (Å²) in [4.78, 5) is 9.73. The van der Waals surface area contributed by atoms with Gasteiger partial charge in [0, 0.05) is 19.2 Å². The minimum absolute atomic E-state index is 0.528. The second-order valence-corrected chi connectivity index (χ2v) is 6.16. The Hall–Kier alpha value is -2.80. The normalized spacial score (nSPS) is 11.4. The van der Waals surface area contributed by atoms with Crippen molar-refractivity contribution in [3.63, 3.8) is 0 Å². The van der Waals surface area contributed by atoms with Crippen LogP contribution in [0.2, 0.25) is 0 Å². The SMILES string of the molecule is CN=C(NCc1coc(-c2cccs2)n1)NCc1ccccc1OC. The van der Waals surface area contributed by atoms with Gasteiger partial charge in [0.2, 0.25) is 5.89 Å². The van der Waals surface area contributed by atoms with Gasteiger partial charge in [0.1, 0.15) is 12.0 Å². The van der Waals surface area contributed by atoms with Gasteiger partial charge in [0.15, 0.2) is 5.96 Å². The zero-order chi connectivity index (χ0) is 17.5. The Labute approximate surface area is 150 Å². The van der Waals surface area contributed by atoms with Gasteiger partial charge in [-0.3, -0.25) is 4.99 Å². The molecule has 130 valence electrons. The first-order valence-electron chi connectivity index (χ1n) is 7.85. The molecule has 0 spiro atoms. The summed E-state index contributed by atoms with van der Waals surface area (Å²) in [6.07, 6.45) is 1.66.